The highest BCUT2D eigenvalue weighted by atomic mass is 16.2. The molecule has 0 aliphatic rings. The molecule has 2 aromatic rings. The smallest absolute Gasteiger partial charge is 0.239 e. The second kappa shape index (κ2) is 6.88. The van der Waals surface area contributed by atoms with Crippen molar-refractivity contribution in [2.45, 2.75) is 26.8 Å². The van der Waals surface area contributed by atoms with Gasteiger partial charge in [0.2, 0.25) is 11.8 Å². The van der Waals surface area contributed by atoms with Crippen LogP contribution in [0.5, 0.6) is 0 Å². The van der Waals surface area contributed by atoms with Gasteiger partial charge < -0.3 is 15.2 Å². The lowest BCUT2D eigenvalue weighted by Crippen LogP contribution is -2.29. The summed E-state index contributed by atoms with van der Waals surface area (Å²) in [5.41, 5.74) is 1.79. The van der Waals surface area contributed by atoms with Crippen LogP contribution in [0.4, 0.5) is 0 Å². The molecule has 2 N–H and O–H groups in total. The topological polar surface area (TPSA) is 76.0 Å². The summed E-state index contributed by atoms with van der Waals surface area (Å²) >= 11 is 0. The summed E-state index contributed by atoms with van der Waals surface area (Å²) in [5, 5.41) is 5.54. The summed E-state index contributed by atoms with van der Waals surface area (Å²) in [6.07, 6.45) is 0.591. The Morgan fingerprint density at radius 1 is 1.24 bits per heavy atom. The lowest BCUT2D eigenvalue weighted by molar-refractivity contribution is -0.121. The fourth-order valence-electron chi connectivity index (χ4n) is 2.24. The van der Waals surface area contributed by atoms with E-state index in [1.807, 2.05) is 35.8 Å². The van der Waals surface area contributed by atoms with Crippen LogP contribution in [0.15, 0.2) is 24.3 Å². The van der Waals surface area contributed by atoms with Gasteiger partial charge in [0.05, 0.1) is 11.0 Å². The average Bonchev–Trinajstić information content (AvgIpc) is 2.77. The number of nitrogens with one attached hydrogen (secondary N) is 2. The van der Waals surface area contributed by atoms with E-state index in [1.165, 1.54) is 6.92 Å². The molecule has 112 valence electrons. The number of aromatic nitrogens is 2. The Bertz CT molecular complexity index is 648. The zero-order valence-corrected chi connectivity index (χ0v) is 12.3. The van der Waals surface area contributed by atoms with Gasteiger partial charge in [-0.25, -0.2) is 4.98 Å². The number of likely N-dealkylation sites (N-methyl/N-ethyl adjacent to an activating group) is 1. The first-order chi connectivity index (χ1) is 10.1. The minimum atomic E-state index is -0.0682. The minimum Gasteiger partial charge on any atom is -0.356 e. The van der Waals surface area contributed by atoms with Crippen molar-refractivity contribution < 1.29 is 9.59 Å². The fourth-order valence-corrected chi connectivity index (χ4v) is 2.24. The lowest BCUT2D eigenvalue weighted by atomic mass is 10.3. The van der Waals surface area contributed by atoms with Crippen molar-refractivity contribution >= 4 is 22.8 Å². The highest BCUT2D eigenvalue weighted by Gasteiger charge is 2.13. The van der Waals surface area contributed by atoms with E-state index >= 15 is 0 Å². The van der Waals surface area contributed by atoms with Gasteiger partial charge in [-0.15, -0.1) is 0 Å². The molecule has 2 amide bonds. The fraction of sp³-hybridized carbons (Fsp3) is 0.400. The molecule has 21 heavy (non-hydrogen) atoms. The van der Waals surface area contributed by atoms with E-state index in [0.29, 0.717) is 19.5 Å². The molecule has 0 unspecified atom stereocenters. The van der Waals surface area contributed by atoms with Crippen LogP contribution in [0.1, 0.15) is 19.7 Å². The van der Waals surface area contributed by atoms with E-state index < -0.39 is 0 Å². The average molecular weight is 288 g/mol. The van der Waals surface area contributed by atoms with Gasteiger partial charge in [0.1, 0.15) is 12.4 Å². The molecule has 6 heteroatoms. The standard InChI is InChI=1S/C15H20N4O2/c1-3-16-15(21)10-19-13-7-5-4-6-12(13)18-14(19)8-9-17-11(2)20/h4-7H,3,8-10H2,1-2H3,(H,16,21)(H,17,20). The Morgan fingerprint density at radius 3 is 2.71 bits per heavy atom. The van der Waals surface area contributed by atoms with Crippen LogP contribution in [0.2, 0.25) is 0 Å². The quantitative estimate of drug-likeness (QED) is 0.827. The lowest BCUT2D eigenvalue weighted by Gasteiger charge is -2.09. The van der Waals surface area contributed by atoms with Crippen molar-refractivity contribution in [2.24, 2.45) is 0 Å². The molecule has 1 heterocycles. The maximum absolute atomic E-state index is 11.9. The number of imidazole rings is 1. The normalized spacial score (nSPS) is 10.6. The van der Waals surface area contributed by atoms with Gasteiger partial charge in [-0.3, -0.25) is 9.59 Å². The van der Waals surface area contributed by atoms with E-state index in [2.05, 4.69) is 15.6 Å². The maximum Gasteiger partial charge on any atom is 0.239 e. The molecule has 0 bridgehead atoms. The van der Waals surface area contributed by atoms with E-state index in [4.69, 9.17) is 0 Å². The Labute approximate surface area is 123 Å². The third-order valence-electron chi connectivity index (χ3n) is 3.13. The number of benzene rings is 1. The number of fused-ring (bicyclic) bond motifs is 1. The van der Waals surface area contributed by atoms with Crippen LogP contribution < -0.4 is 10.6 Å². The first-order valence-electron chi connectivity index (χ1n) is 7.07. The highest BCUT2D eigenvalue weighted by Crippen LogP contribution is 2.16. The molecule has 1 aromatic heterocycles. The molecular formula is C15H20N4O2. The van der Waals surface area contributed by atoms with Gasteiger partial charge >= 0.3 is 0 Å². The van der Waals surface area contributed by atoms with Gasteiger partial charge in [0.15, 0.2) is 0 Å². The molecule has 2 rings (SSSR count). The van der Waals surface area contributed by atoms with Gasteiger partial charge in [-0.1, -0.05) is 12.1 Å². The molecule has 0 fully saturated rings. The number of rotatable bonds is 6. The predicted molar refractivity (Wildman–Crippen MR) is 80.8 cm³/mol. The number of carbonyl (C=O) groups is 2. The number of hydrogen-bond acceptors (Lipinski definition) is 3. The van der Waals surface area contributed by atoms with Crippen molar-refractivity contribution in [2.75, 3.05) is 13.1 Å². The number of nitrogens with zero attached hydrogens (tertiary/aromatic N) is 2. The van der Waals surface area contributed by atoms with E-state index in [9.17, 15) is 9.59 Å². The SMILES string of the molecule is CCNC(=O)Cn1c(CCNC(C)=O)nc2ccccc21. The Morgan fingerprint density at radius 2 is 2.00 bits per heavy atom. The molecule has 0 saturated carbocycles. The summed E-state index contributed by atoms with van der Waals surface area (Å²) in [7, 11) is 0. The van der Waals surface area contributed by atoms with Gasteiger partial charge in [-0.2, -0.15) is 0 Å². The maximum atomic E-state index is 11.9. The minimum absolute atomic E-state index is 0.0403. The molecule has 0 aliphatic carbocycles. The van der Waals surface area contributed by atoms with Crippen molar-refractivity contribution in [3.8, 4) is 0 Å². The van der Waals surface area contributed by atoms with E-state index in [-0.39, 0.29) is 18.4 Å². The van der Waals surface area contributed by atoms with Crippen LogP contribution in [0, 0.1) is 0 Å². The van der Waals surface area contributed by atoms with Crippen LogP contribution in [-0.2, 0) is 22.6 Å². The molecule has 0 saturated heterocycles. The number of para-hydroxylation sites is 2. The van der Waals surface area contributed by atoms with Gasteiger partial charge in [0, 0.05) is 26.4 Å². The van der Waals surface area contributed by atoms with Crippen molar-refractivity contribution in [3.63, 3.8) is 0 Å². The predicted octanol–water partition coefficient (Wildman–Crippen LogP) is 0.851. The van der Waals surface area contributed by atoms with E-state index in [0.717, 1.165) is 16.9 Å². The summed E-state index contributed by atoms with van der Waals surface area (Å²) in [5.74, 6) is 0.694. The Balaban J connectivity index is 2.25. The van der Waals surface area contributed by atoms with Crippen molar-refractivity contribution in [1.29, 1.82) is 0 Å². The first-order valence-corrected chi connectivity index (χ1v) is 7.07. The molecule has 0 atom stereocenters. The number of hydrogen-bond donors (Lipinski definition) is 2. The number of carbonyl (C=O) groups excluding carboxylic acids is 2. The molecule has 1 aromatic carbocycles. The zero-order chi connectivity index (χ0) is 15.2. The van der Waals surface area contributed by atoms with E-state index in [1.54, 1.807) is 0 Å². The second-order valence-electron chi connectivity index (χ2n) is 4.79. The summed E-state index contributed by atoms with van der Waals surface area (Å²) in [4.78, 5) is 27.4. The third-order valence-corrected chi connectivity index (χ3v) is 3.13. The molecule has 0 radical (unpaired) electrons. The van der Waals surface area contributed by atoms with Crippen molar-refractivity contribution in [3.05, 3.63) is 30.1 Å². The third kappa shape index (κ3) is 3.81. The molecule has 0 spiro atoms. The highest BCUT2D eigenvalue weighted by molar-refractivity contribution is 5.81. The molecule has 6 nitrogen and oxygen atoms in total. The monoisotopic (exact) mass is 288 g/mol. The molecule has 0 aliphatic heterocycles. The van der Waals surface area contributed by atoms with Crippen molar-refractivity contribution in [1.82, 2.24) is 20.2 Å². The van der Waals surface area contributed by atoms with Crippen LogP contribution in [0.3, 0.4) is 0 Å². The van der Waals surface area contributed by atoms with Crippen LogP contribution in [-0.4, -0.2) is 34.5 Å². The van der Waals surface area contributed by atoms with Gasteiger partial charge in [0.25, 0.3) is 0 Å². The summed E-state index contributed by atoms with van der Waals surface area (Å²) in [6, 6.07) is 7.72. The Kier molecular flexibility index (Phi) is 4.92. The summed E-state index contributed by atoms with van der Waals surface area (Å²) in [6.45, 7) is 4.73. The van der Waals surface area contributed by atoms with Crippen LogP contribution >= 0.6 is 0 Å². The van der Waals surface area contributed by atoms with Gasteiger partial charge in [-0.05, 0) is 19.1 Å². The molecular weight excluding hydrogens is 268 g/mol. The summed E-state index contributed by atoms with van der Waals surface area (Å²) < 4.78 is 1.90. The second-order valence-corrected chi connectivity index (χ2v) is 4.79. The number of amides is 2. The largest absolute Gasteiger partial charge is 0.356 e. The Hall–Kier alpha value is -2.37. The zero-order valence-electron chi connectivity index (χ0n) is 12.3. The van der Waals surface area contributed by atoms with Crippen LogP contribution in [0.25, 0.3) is 11.0 Å². The first kappa shape index (κ1) is 15.0.